The Bertz CT molecular complexity index is 424. The summed E-state index contributed by atoms with van der Waals surface area (Å²) >= 11 is 0. The number of carbonyl (C=O) groups is 2. The molecule has 0 aliphatic carbocycles. The van der Waals surface area contributed by atoms with Gasteiger partial charge >= 0.3 is 5.97 Å². The van der Waals surface area contributed by atoms with Gasteiger partial charge in [0, 0.05) is 12.0 Å². The lowest BCUT2D eigenvalue weighted by Gasteiger charge is -2.10. The van der Waals surface area contributed by atoms with Crippen LogP contribution in [0.4, 0.5) is 0 Å². The predicted molar refractivity (Wildman–Crippen MR) is 55.3 cm³/mol. The van der Waals surface area contributed by atoms with Gasteiger partial charge in [0.1, 0.15) is 5.75 Å². The van der Waals surface area contributed by atoms with Gasteiger partial charge in [-0.3, -0.25) is 4.79 Å². The third kappa shape index (κ3) is 2.20. The number of hydrogen-bond acceptors (Lipinski definition) is 4. The number of phenols is 1. The fourth-order valence-corrected chi connectivity index (χ4v) is 1.33. The molecular weight excluding hydrogens is 212 g/mol. The van der Waals surface area contributed by atoms with Crippen LogP contribution in [-0.4, -0.2) is 27.1 Å². The van der Waals surface area contributed by atoms with Gasteiger partial charge in [-0.05, 0) is 6.07 Å². The summed E-state index contributed by atoms with van der Waals surface area (Å²) in [6.07, 6.45) is -1.63. The summed E-state index contributed by atoms with van der Waals surface area (Å²) in [6.45, 7) is 1.63. The van der Waals surface area contributed by atoms with Gasteiger partial charge in [-0.15, -0.1) is 0 Å². The topological polar surface area (TPSA) is 94.8 Å². The van der Waals surface area contributed by atoms with Gasteiger partial charge in [0.05, 0.1) is 5.56 Å². The Kier molecular flexibility index (Phi) is 3.63. The highest BCUT2D eigenvalue weighted by molar-refractivity contribution is 5.99. The van der Waals surface area contributed by atoms with Crippen molar-refractivity contribution in [2.24, 2.45) is 0 Å². The number of rotatable bonds is 4. The number of benzene rings is 1. The largest absolute Gasteiger partial charge is 0.507 e. The van der Waals surface area contributed by atoms with Crippen molar-refractivity contribution in [3.8, 4) is 5.75 Å². The van der Waals surface area contributed by atoms with Crippen LogP contribution < -0.4 is 0 Å². The second-order valence-corrected chi connectivity index (χ2v) is 3.26. The summed E-state index contributed by atoms with van der Waals surface area (Å²) in [5, 5.41) is 27.6. The molecule has 0 bridgehead atoms. The van der Waals surface area contributed by atoms with Crippen molar-refractivity contribution in [1.82, 2.24) is 0 Å². The summed E-state index contributed by atoms with van der Waals surface area (Å²) in [5.41, 5.74) is -0.146. The standard InChI is InChI=1S/C11H12O5/c1-2-8(12)6-4-3-5-7(9(6)13)10(14)11(15)16/h3-5,10,13-14H,2H2,1H3,(H,15,16). The van der Waals surface area contributed by atoms with Gasteiger partial charge in [0.25, 0.3) is 0 Å². The summed E-state index contributed by atoms with van der Waals surface area (Å²) in [6, 6.07) is 4.07. The van der Waals surface area contributed by atoms with Crippen LogP contribution in [0.1, 0.15) is 35.4 Å². The van der Waals surface area contributed by atoms with Crippen LogP contribution in [-0.2, 0) is 4.79 Å². The van der Waals surface area contributed by atoms with Gasteiger partial charge < -0.3 is 15.3 Å². The molecule has 1 rings (SSSR count). The van der Waals surface area contributed by atoms with E-state index in [0.29, 0.717) is 0 Å². The highest BCUT2D eigenvalue weighted by Gasteiger charge is 2.22. The molecule has 0 aliphatic heterocycles. The molecule has 3 N–H and O–H groups in total. The first kappa shape index (κ1) is 12.2. The molecule has 0 heterocycles. The Morgan fingerprint density at radius 1 is 1.38 bits per heavy atom. The van der Waals surface area contributed by atoms with Crippen molar-refractivity contribution >= 4 is 11.8 Å². The van der Waals surface area contributed by atoms with Crippen molar-refractivity contribution in [1.29, 1.82) is 0 Å². The zero-order chi connectivity index (χ0) is 12.3. The van der Waals surface area contributed by atoms with Crippen LogP contribution in [0.15, 0.2) is 18.2 Å². The molecule has 1 aromatic carbocycles. The Balaban J connectivity index is 3.23. The number of carboxylic acids is 1. The quantitative estimate of drug-likeness (QED) is 0.666. The van der Waals surface area contributed by atoms with E-state index in [1.54, 1.807) is 6.92 Å². The van der Waals surface area contributed by atoms with Gasteiger partial charge in [-0.2, -0.15) is 0 Å². The van der Waals surface area contributed by atoms with E-state index in [1.807, 2.05) is 0 Å². The maximum Gasteiger partial charge on any atom is 0.337 e. The third-order valence-electron chi connectivity index (χ3n) is 2.22. The molecule has 0 spiro atoms. The van der Waals surface area contributed by atoms with E-state index >= 15 is 0 Å². The molecule has 0 saturated carbocycles. The van der Waals surface area contributed by atoms with E-state index in [4.69, 9.17) is 5.11 Å². The summed E-state index contributed by atoms with van der Waals surface area (Å²) in [4.78, 5) is 21.9. The number of aliphatic carboxylic acids is 1. The highest BCUT2D eigenvalue weighted by Crippen LogP contribution is 2.28. The second-order valence-electron chi connectivity index (χ2n) is 3.26. The van der Waals surface area contributed by atoms with Crippen LogP contribution in [0, 0.1) is 0 Å². The average Bonchev–Trinajstić information content (AvgIpc) is 2.27. The fraction of sp³-hybridized carbons (Fsp3) is 0.273. The molecule has 0 aromatic heterocycles. The minimum atomic E-state index is -1.83. The van der Waals surface area contributed by atoms with Crippen molar-refractivity contribution in [3.63, 3.8) is 0 Å². The van der Waals surface area contributed by atoms with Crippen LogP contribution in [0.3, 0.4) is 0 Å². The van der Waals surface area contributed by atoms with Crippen LogP contribution in [0.2, 0.25) is 0 Å². The lowest BCUT2D eigenvalue weighted by Crippen LogP contribution is -2.11. The van der Waals surface area contributed by atoms with Crippen molar-refractivity contribution in [2.75, 3.05) is 0 Å². The number of aliphatic hydroxyl groups is 1. The van der Waals surface area contributed by atoms with E-state index in [1.165, 1.54) is 18.2 Å². The normalized spacial score (nSPS) is 12.1. The van der Waals surface area contributed by atoms with Crippen molar-refractivity contribution in [3.05, 3.63) is 29.3 Å². The van der Waals surface area contributed by atoms with E-state index in [2.05, 4.69) is 0 Å². The van der Waals surface area contributed by atoms with E-state index in [-0.39, 0.29) is 23.3 Å². The number of carbonyl (C=O) groups excluding carboxylic acids is 1. The molecule has 0 saturated heterocycles. The van der Waals surface area contributed by atoms with Crippen molar-refractivity contribution in [2.45, 2.75) is 19.4 Å². The number of hydrogen-bond donors (Lipinski definition) is 3. The number of phenolic OH excluding ortho intramolecular Hbond substituents is 1. The molecule has 0 amide bonds. The smallest absolute Gasteiger partial charge is 0.337 e. The lowest BCUT2D eigenvalue weighted by molar-refractivity contribution is -0.147. The van der Waals surface area contributed by atoms with E-state index in [0.717, 1.165) is 0 Å². The molecule has 86 valence electrons. The lowest BCUT2D eigenvalue weighted by atomic mass is 10.0. The van der Waals surface area contributed by atoms with Crippen LogP contribution in [0.5, 0.6) is 5.75 Å². The van der Waals surface area contributed by atoms with Crippen LogP contribution >= 0.6 is 0 Å². The summed E-state index contributed by atoms with van der Waals surface area (Å²) in [7, 11) is 0. The molecule has 0 fully saturated rings. The number of Topliss-reactive ketones (excluding diaryl/α,β-unsaturated/α-hetero) is 1. The van der Waals surface area contributed by atoms with E-state index < -0.39 is 17.8 Å². The van der Waals surface area contributed by atoms with Gasteiger partial charge in [0.15, 0.2) is 11.9 Å². The molecule has 5 heteroatoms. The first-order valence-corrected chi connectivity index (χ1v) is 4.75. The molecule has 5 nitrogen and oxygen atoms in total. The van der Waals surface area contributed by atoms with Gasteiger partial charge in [0.2, 0.25) is 0 Å². The average molecular weight is 224 g/mol. The number of ketones is 1. The molecular formula is C11H12O5. The Morgan fingerprint density at radius 2 is 2.00 bits per heavy atom. The Morgan fingerprint density at radius 3 is 2.50 bits per heavy atom. The zero-order valence-corrected chi connectivity index (χ0v) is 8.67. The van der Waals surface area contributed by atoms with Gasteiger partial charge in [-0.1, -0.05) is 19.1 Å². The zero-order valence-electron chi connectivity index (χ0n) is 8.67. The van der Waals surface area contributed by atoms with Crippen molar-refractivity contribution < 1.29 is 24.9 Å². The first-order valence-electron chi connectivity index (χ1n) is 4.75. The maximum absolute atomic E-state index is 11.4. The highest BCUT2D eigenvalue weighted by atomic mass is 16.4. The molecule has 0 radical (unpaired) electrons. The SMILES string of the molecule is CCC(=O)c1cccc(C(O)C(=O)O)c1O. The minimum Gasteiger partial charge on any atom is -0.507 e. The number of para-hydroxylation sites is 1. The van der Waals surface area contributed by atoms with Gasteiger partial charge in [-0.25, -0.2) is 4.79 Å². The molecule has 16 heavy (non-hydrogen) atoms. The van der Waals surface area contributed by atoms with Crippen LogP contribution in [0.25, 0.3) is 0 Å². The minimum absolute atomic E-state index is 0.0281. The monoisotopic (exact) mass is 224 g/mol. The second kappa shape index (κ2) is 4.76. The summed E-state index contributed by atoms with van der Waals surface area (Å²) in [5.74, 6) is -2.25. The molecule has 0 aliphatic rings. The molecule has 1 unspecified atom stereocenters. The Hall–Kier alpha value is -1.88. The number of carboxylic acid groups (broad SMARTS) is 1. The number of aromatic hydroxyl groups is 1. The molecule has 1 atom stereocenters. The third-order valence-corrected chi connectivity index (χ3v) is 2.22. The molecule has 1 aromatic rings. The van der Waals surface area contributed by atoms with E-state index in [9.17, 15) is 19.8 Å². The fourth-order valence-electron chi connectivity index (χ4n) is 1.33. The maximum atomic E-state index is 11.4. The first-order chi connectivity index (χ1) is 7.49. The Labute approximate surface area is 92.0 Å². The predicted octanol–water partition coefficient (Wildman–Crippen LogP) is 1.10. The summed E-state index contributed by atoms with van der Waals surface area (Å²) < 4.78 is 0. The number of aliphatic hydroxyl groups excluding tert-OH is 1.